The molecule has 0 aromatic heterocycles. The lowest BCUT2D eigenvalue weighted by atomic mass is 10.2. The topological polar surface area (TPSA) is 38.3 Å². The van der Waals surface area contributed by atoms with Crippen LogP contribution in [0.15, 0.2) is 30.3 Å². The van der Waals surface area contributed by atoms with Crippen molar-refractivity contribution in [1.82, 2.24) is 5.32 Å². The second kappa shape index (κ2) is 7.17. The number of ether oxygens (including phenoxy) is 1. The van der Waals surface area contributed by atoms with E-state index >= 15 is 0 Å². The summed E-state index contributed by atoms with van der Waals surface area (Å²) in [5, 5.41) is 2.67. The fourth-order valence-electron chi connectivity index (χ4n) is 1.03. The van der Waals surface area contributed by atoms with Gasteiger partial charge in [0.25, 0.3) is 0 Å². The second-order valence-corrected chi connectivity index (χ2v) is 3.97. The molecule has 1 N–H and O–H groups in total. The maximum atomic E-state index is 11.1. The van der Waals surface area contributed by atoms with E-state index in [9.17, 15) is 4.79 Å². The summed E-state index contributed by atoms with van der Waals surface area (Å²) in [5.74, 6) is 0.903. The van der Waals surface area contributed by atoms with Gasteiger partial charge in [-0.25, -0.2) is 4.79 Å². The Morgan fingerprint density at radius 2 is 2.13 bits per heavy atom. The molecule has 0 saturated carbocycles. The second-order valence-electron chi connectivity index (χ2n) is 2.98. The Labute approximate surface area is 94.2 Å². The molecule has 15 heavy (non-hydrogen) atoms. The van der Waals surface area contributed by atoms with Crippen LogP contribution in [0, 0.1) is 0 Å². The third kappa shape index (κ3) is 5.32. The number of hydrogen-bond acceptors (Lipinski definition) is 3. The van der Waals surface area contributed by atoms with Crippen LogP contribution in [0.4, 0.5) is 4.79 Å². The SMILES string of the molecule is CSCCNC(=O)OCc1ccccc1. The standard InChI is InChI=1S/C11H15NO2S/c1-15-8-7-12-11(13)14-9-10-5-3-2-4-6-10/h2-6H,7-9H2,1H3,(H,12,13). The van der Waals surface area contributed by atoms with E-state index in [0.717, 1.165) is 11.3 Å². The highest BCUT2D eigenvalue weighted by molar-refractivity contribution is 7.98. The summed E-state index contributed by atoms with van der Waals surface area (Å²) < 4.78 is 5.02. The molecule has 1 aromatic carbocycles. The molecule has 0 aliphatic rings. The minimum Gasteiger partial charge on any atom is -0.445 e. The highest BCUT2D eigenvalue weighted by Gasteiger charge is 2.00. The molecular formula is C11H15NO2S. The number of carbonyl (C=O) groups excluding carboxylic acids is 1. The van der Waals surface area contributed by atoms with Gasteiger partial charge in [-0.05, 0) is 11.8 Å². The van der Waals surface area contributed by atoms with Gasteiger partial charge in [-0.3, -0.25) is 0 Å². The van der Waals surface area contributed by atoms with Crippen molar-refractivity contribution >= 4 is 17.9 Å². The summed E-state index contributed by atoms with van der Waals surface area (Å²) >= 11 is 1.69. The zero-order valence-corrected chi connectivity index (χ0v) is 9.55. The number of carbonyl (C=O) groups is 1. The van der Waals surface area contributed by atoms with Crippen molar-refractivity contribution in [2.45, 2.75) is 6.61 Å². The van der Waals surface area contributed by atoms with Crippen LogP contribution in [0.2, 0.25) is 0 Å². The van der Waals surface area contributed by atoms with Gasteiger partial charge in [-0.1, -0.05) is 30.3 Å². The molecule has 3 nitrogen and oxygen atoms in total. The lowest BCUT2D eigenvalue weighted by Crippen LogP contribution is -2.26. The molecule has 0 spiro atoms. The molecule has 82 valence electrons. The van der Waals surface area contributed by atoms with Crippen molar-refractivity contribution in [2.24, 2.45) is 0 Å². The van der Waals surface area contributed by atoms with E-state index in [1.165, 1.54) is 0 Å². The van der Waals surface area contributed by atoms with E-state index in [2.05, 4.69) is 5.32 Å². The first-order valence-electron chi connectivity index (χ1n) is 4.76. The van der Waals surface area contributed by atoms with Gasteiger partial charge in [0.15, 0.2) is 0 Å². The van der Waals surface area contributed by atoms with Crippen LogP contribution in [0.1, 0.15) is 5.56 Å². The predicted molar refractivity (Wildman–Crippen MR) is 63.0 cm³/mol. The first-order valence-corrected chi connectivity index (χ1v) is 6.16. The average Bonchev–Trinajstić information content (AvgIpc) is 2.28. The normalized spacial score (nSPS) is 9.67. The number of alkyl carbamates (subject to hydrolysis) is 1. The maximum Gasteiger partial charge on any atom is 0.407 e. The smallest absolute Gasteiger partial charge is 0.407 e. The Balaban J connectivity index is 2.17. The van der Waals surface area contributed by atoms with E-state index < -0.39 is 0 Å². The van der Waals surface area contributed by atoms with Crippen LogP contribution >= 0.6 is 11.8 Å². The van der Waals surface area contributed by atoms with Crippen LogP contribution in [-0.4, -0.2) is 24.6 Å². The molecule has 0 radical (unpaired) electrons. The highest BCUT2D eigenvalue weighted by Crippen LogP contribution is 2.00. The number of thioether (sulfide) groups is 1. The Kier molecular flexibility index (Phi) is 5.70. The zero-order chi connectivity index (χ0) is 10.9. The van der Waals surface area contributed by atoms with E-state index in [1.807, 2.05) is 36.6 Å². The maximum absolute atomic E-state index is 11.1. The number of benzene rings is 1. The van der Waals surface area contributed by atoms with E-state index in [0.29, 0.717) is 13.2 Å². The lowest BCUT2D eigenvalue weighted by Gasteiger charge is -2.05. The van der Waals surface area contributed by atoms with Gasteiger partial charge in [0, 0.05) is 12.3 Å². The third-order valence-electron chi connectivity index (χ3n) is 1.79. The van der Waals surface area contributed by atoms with Crippen molar-refractivity contribution in [3.8, 4) is 0 Å². The quantitative estimate of drug-likeness (QED) is 0.781. The van der Waals surface area contributed by atoms with Gasteiger partial charge >= 0.3 is 6.09 Å². The van der Waals surface area contributed by atoms with Crippen LogP contribution in [0.5, 0.6) is 0 Å². The van der Waals surface area contributed by atoms with E-state index in [1.54, 1.807) is 11.8 Å². The summed E-state index contributed by atoms with van der Waals surface area (Å²) in [4.78, 5) is 11.1. The van der Waals surface area contributed by atoms with Gasteiger partial charge in [0.1, 0.15) is 6.61 Å². The van der Waals surface area contributed by atoms with Gasteiger partial charge < -0.3 is 10.1 Å². The minimum absolute atomic E-state index is 0.325. The van der Waals surface area contributed by atoms with E-state index in [4.69, 9.17) is 4.74 Å². The monoisotopic (exact) mass is 225 g/mol. The molecule has 4 heteroatoms. The summed E-state index contributed by atoms with van der Waals surface area (Å²) in [7, 11) is 0. The zero-order valence-electron chi connectivity index (χ0n) is 8.73. The van der Waals surface area contributed by atoms with Gasteiger partial charge in [-0.15, -0.1) is 0 Å². The van der Waals surface area contributed by atoms with Crippen molar-refractivity contribution < 1.29 is 9.53 Å². The summed E-state index contributed by atoms with van der Waals surface area (Å²) in [6.07, 6.45) is 1.64. The molecule has 0 unspecified atom stereocenters. The molecule has 0 saturated heterocycles. The summed E-state index contributed by atoms with van der Waals surface area (Å²) in [6, 6.07) is 9.63. The first-order chi connectivity index (χ1) is 7.33. The number of nitrogens with one attached hydrogen (secondary N) is 1. The van der Waals surface area contributed by atoms with Crippen molar-refractivity contribution in [1.29, 1.82) is 0 Å². The molecule has 0 heterocycles. The Bertz CT molecular complexity index is 290. The van der Waals surface area contributed by atoms with Crippen LogP contribution < -0.4 is 5.32 Å². The van der Waals surface area contributed by atoms with Gasteiger partial charge in [0.2, 0.25) is 0 Å². The fraction of sp³-hybridized carbons (Fsp3) is 0.364. The largest absolute Gasteiger partial charge is 0.445 e. The molecule has 1 rings (SSSR count). The molecule has 0 atom stereocenters. The number of rotatable bonds is 5. The van der Waals surface area contributed by atoms with Crippen molar-refractivity contribution in [3.63, 3.8) is 0 Å². The minimum atomic E-state index is -0.354. The fourth-order valence-corrected chi connectivity index (χ4v) is 1.34. The van der Waals surface area contributed by atoms with Crippen molar-refractivity contribution in [2.75, 3.05) is 18.6 Å². The summed E-state index contributed by atoms with van der Waals surface area (Å²) in [5.41, 5.74) is 0.998. The van der Waals surface area contributed by atoms with Gasteiger partial charge in [-0.2, -0.15) is 11.8 Å². The highest BCUT2D eigenvalue weighted by atomic mass is 32.2. The molecule has 0 fully saturated rings. The van der Waals surface area contributed by atoms with Crippen LogP contribution in [0.25, 0.3) is 0 Å². The predicted octanol–water partition coefficient (Wildman–Crippen LogP) is 2.28. The van der Waals surface area contributed by atoms with Gasteiger partial charge in [0.05, 0.1) is 0 Å². The average molecular weight is 225 g/mol. The molecule has 1 aromatic rings. The lowest BCUT2D eigenvalue weighted by molar-refractivity contribution is 0.140. The Morgan fingerprint density at radius 3 is 2.80 bits per heavy atom. The van der Waals surface area contributed by atoms with Crippen LogP contribution in [-0.2, 0) is 11.3 Å². The van der Waals surface area contributed by atoms with Crippen molar-refractivity contribution in [3.05, 3.63) is 35.9 Å². The molecule has 0 aliphatic heterocycles. The molecule has 0 aliphatic carbocycles. The molecular weight excluding hydrogens is 210 g/mol. The number of hydrogen-bond donors (Lipinski definition) is 1. The molecule has 0 bridgehead atoms. The summed E-state index contributed by atoms with van der Waals surface area (Å²) in [6.45, 7) is 0.973. The van der Waals surface area contributed by atoms with E-state index in [-0.39, 0.29) is 6.09 Å². The number of amides is 1. The molecule has 1 amide bonds. The Morgan fingerprint density at radius 1 is 1.40 bits per heavy atom. The first kappa shape index (κ1) is 11.9. The third-order valence-corrected chi connectivity index (χ3v) is 2.40. The van der Waals surface area contributed by atoms with Crippen LogP contribution in [0.3, 0.4) is 0 Å². The Hall–Kier alpha value is -1.16.